The molecule has 3 rings (SSSR count). The fraction of sp³-hybridized carbons (Fsp3) is 0.435. The van der Waals surface area contributed by atoms with Crippen molar-refractivity contribution in [3.05, 3.63) is 54.1 Å². The van der Waals surface area contributed by atoms with E-state index in [9.17, 15) is 13.2 Å². The largest absolute Gasteiger partial charge is 0.497 e. The van der Waals surface area contributed by atoms with Crippen molar-refractivity contribution in [1.29, 1.82) is 0 Å². The van der Waals surface area contributed by atoms with Gasteiger partial charge in [0.1, 0.15) is 11.5 Å². The van der Waals surface area contributed by atoms with Crippen LogP contribution in [0.4, 0.5) is 5.69 Å². The Hall–Kier alpha value is -2.78. The van der Waals surface area contributed by atoms with Gasteiger partial charge in [-0.15, -0.1) is 0 Å². The summed E-state index contributed by atoms with van der Waals surface area (Å²) in [5.41, 5.74) is 1.44. The average Bonchev–Trinajstić information content (AvgIpc) is 2.83. The standard InChI is InChI=1S/C23H31N3O5S/c1-4-26(20-11-13-21(30-2)14-12-20)32(28,29)25-15-7-9-19(17-25)23(27)24-16-18-8-5-6-10-22(18)31-3/h5-6,8,10-14,19H,4,7,9,15-17H2,1-3H3,(H,24,27)/t19-/m0/s1. The Kier molecular flexibility index (Phi) is 7.98. The number of amides is 1. The predicted octanol–water partition coefficient (Wildman–Crippen LogP) is 2.80. The zero-order valence-electron chi connectivity index (χ0n) is 18.8. The van der Waals surface area contributed by atoms with Gasteiger partial charge in [-0.3, -0.25) is 9.10 Å². The van der Waals surface area contributed by atoms with Gasteiger partial charge in [0.05, 0.1) is 25.8 Å². The third-order valence-electron chi connectivity index (χ3n) is 5.65. The normalized spacial score (nSPS) is 16.9. The summed E-state index contributed by atoms with van der Waals surface area (Å²) in [6.07, 6.45) is 1.28. The van der Waals surface area contributed by atoms with Gasteiger partial charge in [-0.2, -0.15) is 12.7 Å². The van der Waals surface area contributed by atoms with Crippen LogP contribution < -0.4 is 19.1 Å². The second-order valence-corrected chi connectivity index (χ2v) is 9.45. The number of carbonyl (C=O) groups excluding carboxylic acids is 1. The van der Waals surface area contributed by atoms with Crippen LogP contribution in [0.1, 0.15) is 25.3 Å². The molecule has 0 aromatic heterocycles. The van der Waals surface area contributed by atoms with Crippen molar-refractivity contribution in [2.75, 3.05) is 38.2 Å². The molecular formula is C23H31N3O5S. The molecule has 0 saturated carbocycles. The summed E-state index contributed by atoms with van der Waals surface area (Å²) in [6.45, 7) is 2.97. The number of rotatable bonds is 9. The molecule has 1 fully saturated rings. The van der Waals surface area contributed by atoms with Crippen LogP contribution in [0.3, 0.4) is 0 Å². The number of para-hydroxylation sites is 1. The Morgan fingerprint density at radius 2 is 1.84 bits per heavy atom. The third-order valence-corrected chi connectivity index (χ3v) is 7.66. The lowest BCUT2D eigenvalue weighted by Gasteiger charge is -2.35. The van der Waals surface area contributed by atoms with Crippen LogP contribution in [0, 0.1) is 5.92 Å². The minimum atomic E-state index is -3.77. The van der Waals surface area contributed by atoms with Gasteiger partial charge >= 0.3 is 10.2 Å². The number of nitrogens with zero attached hydrogens (tertiary/aromatic N) is 2. The maximum atomic E-state index is 13.4. The third kappa shape index (κ3) is 5.34. The minimum Gasteiger partial charge on any atom is -0.497 e. The molecule has 2 aromatic rings. The first-order chi connectivity index (χ1) is 15.4. The SMILES string of the molecule is CCN(c1ccc(OC)cc1)S(=O)(=O)N1CCC[C@H](C(=O)NCc2ccccc2OC)C1. The highest BCUT2D eigenvalue weighted by molar-refractivity contribution is 7.90. The lowest BCUT2D eigenvalue weighted by molar-refractivity contribution is -0.126. The van der Waals surface area contributed by atoms with Gasteiger partial charge in [0.15, 0.2) is 0 Å². The summed E-state index contributed by atoms with van der Waals surface area (Å²) in [4.78, 5) is 12.8. The molecule has 1 aliphatic heterocycles. The molecule has 2 aromatic carbocycles. The van der Waals surface area contributed by atoms with Crippen LogP contribution in [0.2, 0.25) is 0 Å². The van der Waals surface area contributed by atoms with Crippen molar-refractivity contribution < 1.29 is 22.7 Å². The van der Waals surface area contributed by atoms with E-state index >= 15 is 0 Å². The summed E-state index contributed by atoms with van der Waals surface area (Å²) >= 11 is 0. The Morgan fingerprint density at radius 3 is 2.50 bits per heavy atom. The van der Waals surface area contributed by atoms with Crippen molar-refractivity contribution in [3.8, 4) is 11.5 Å². The number of methoxy groups -OCH3 is 2. The lowest BCUT2D eigenvalue weighted by Crippen LogP contribution is -2.50. The molecule has 1 N–H and O–H groups in total. The summed E-state index contributed by atoms with van der Waals surface area (Å²) in [5.74, 6) is 0.816. The number of piperidine rings is 1. The van der Waals surface area contributed by atoms with Gasteiger partial charge in [0.25, 0.3) is 0 Å². The number of nitrogens with one attached hydrogen (secondary N) is 1. The van der Waals surface area contributed by atoms with Crippen molar-refractivity contribution >= 4 is 21.8 Å². The first kappa shape index (κ1) is 23.9. The van der Waals surface area contributed by atoms with Gasteiger partial charge in [-0.05, 0) is 50.1 Å². The first-order valence-corrected chi connectivity index (χ1v) is 12.1. The van der Waals surface area contributed by atoms with E-state index in [0.29, 0.717) is 43.1 Å². The summed E-state index contributed by atoms with van der Waals surface area (Å²) in [5, 5.41) is 2.94. The van der Waals surface area contributed by atoms with Crippen LogP contribution in [0.15, 0.2) is 48.5 Å². The van der Waals surface area contributed by atoms with E-state index in [1.807, 2.05) is 24.3 Å². The van der Waals surface area contributed by atoms with Crippen LogP contribution >= 0.6 is 0 Å². The second kappa shape index (κ2) is 10.7. The van der Waals surface area contributed by atoms with Crippen LogP contribution in [0.25, 0.3) is 0 Å². The molecule has 0 radical (unpaired) electrons. The highest BCUT2D eigenvalue weighted by Crippen LogP contribution is 2.27. The average molecular weight is 462 g/mol. The topological polar surface area (TPSA) is 88.2 Å². The highest BCUT2D eigenvalue weighted by atomic mass is 32.2. The van der Waals surface area contributed by atoms with E-state index in [2.05, 4.69) is 5.32 Å². The maximum Gasteiger partial charge on any atom is 0.304 e. The Bertz CT molecular complexity index is 1010. The van der Waals surface area contributed by atoms with Crippen molar-refractivity contribution in [3.63, 3.8) is 0 Å². The molecule has 8 nitrogen and oxygen atoms in total. The predicted molar refractivity (Wildman–Crippen MR) is 124 cm³/mol. The Labute approximate surface area is 190 Å². The van der Waals surface area contributed by atoms with Crippen molar-refractivity contribution in [1.82, 2.24) is 9.62 Å². The molecule has 0 spiro atoms. The molecule has 1 amide bonds. The van der Waals surface area contributed by atoms with Crippen LogP contribution in [0.5, 0.6) is 11.5 Å². The van der Waals surface area contributed by atoms with E-state index < -0.39 is 16.1 Å². The zero-order valence-corrected chi connectivity index (χ0v) is 19.6. The molecule has 1 aliphatic rings. The minimum absolute atomic E-state index is 0.150. The number of carbonyl (C=O) groups is 1. The lowest BCUT2D eigenvalue weighted by atomic mass is 9.98. The van der Waals surface area contributed by atoms with E-state index in [4.69, 9.17) is 9.47 Å². The van der Waals surface area contributed by atoms with E-state index in [-0.39, 0.29) is 19.0 Å². The Morgan fingerprint density at radius 1 is 1.12 bits per heavy atom. The van der Waals surface area contributed by atoms with Crippen LogP contribution in [-0.2, 0) is 21.5 Å². The molecular weight excluding hydrogens is 430 g/mol. The highest BCUT2D eigenvalue weighted by Gasteiger charge is 2.35. The van der Waals surface area contributed by atoms with Gasteiger partial charge in [-0.25, -0.2) is 0 Å². The first-order valence-electron chi connectivity index (χ1n) is 10.7. The monoisotopic (exact) mass is 461 g/mol. The molecule has 32 heavy (non-hydrogen) atoms. The van der Waals surface area contributed by atoms with E-state index in [1.54, 1.807) is 45.4 Å². The smallest absolute Gasteiger partial charge is 0.304 e. The molecule has 1 saturated heterocycles. The van der Waals surface area contributed by atoms with E-state index in [1.165, 1.54) is 8.61 Å². The quantitative estimate of drug-likeness (QED) is 0.620. The molecule has 0 bridgehead atoms. The van der Waals surface area contributed by atoms with Crippen LogP contribution in [-0.4, -0.2) is 52.5 Å². The molecule has 1 atom stereocenters. The Balaban J connectivity index is 1.68. The molecule has 0 unspecified atom stereocenters. The number of benzene rings is 2. The number of anilines is 1. The van der Waals surface area contributed by atoms with Gasteiger partial charge in [0.2, 0.25) is 5.91 Å². The van der Waals surface area contributed by atoms with E-state index in [0.717, 1.165) is 5.56 Å². The van der Waals surface area contributed by atoms with Gasteiger partial charge in [0, 0.05) is 31.7 Å². The van der Waals surface area contributed by atoms with Gasteiger partial charge < -0.3 is 14.8 Å². The van der Waals surface area contributed by atoms with Gasteiger partial charge in [-0.1, -0.05) is 18.2 Å². The number of ether oxygens (including phenoxy) is 2. The summed E-state index contributed by atoms with van der Waals surface area (Å²) in [7, 11) is -0.609. The maximum absolute atomic E-state index is 13.4. The second-order valence-electron chi connectivity index (χ2n) is 7.60. The fourth-order valence-corrected chi connectivity index (χ4v) is 5.63. The molecule has 0 aliphatic carbocycles. The summed E-state index contributed by atoms with van der Waals surface area (Å²) < 4.78 is 40.0. The number of hydrogen-bond acceptors (Lipinski definition) is 5. The molecule has 9 heteroatoms. The fourth-order valence-electron chi connectivity index (χ4n) is 3.91. The number of hydrogen-bond donors (Lipinski definition) is 1. The zero-order chi connectivity index (χ0) is 23.1. The summed E-state index contributed by atoms with van der Waals surface area (Å²) in [6, 6.07) is 14.4. The van der Waals surface area contributed by atoms with Crippen molar-refractivity contribution in [2.45, 2.75) is 26.3 Å². The molecule has 174 valence electrons. The van der Waals surface area contributed by atoms with Crippen molar-refractivity contribution in [2.24, 2.45) is 5.92 Å². The molecule has 1 heterocycles.